The molecule has 1 heterocycles. The minimum absolute atomic E-state index is 0.527. The number of fused-ring (bicyclic) bond motifs is 1. The Labute approximate surface area is 94.0 Å². The van der Waals surface area contributed by atoms with Crippen LogP contribution in [0.4, 0.5) is 5.69 Å². The highest BCUT2D eigenvalue weighted by molar-refractivity contribution is 8.17. The van der Waals surface area contributed by atoms with E-state index in [4.69, 9.17) is 0 Å². The highest BCUT2D eigenvalue weighted by atomic mass is 32.2. The van der Waals surface area contributed by atoms with Crippen molar-refractivity contribution >= 4 is 29.2 Å². The quantitative estimate of drug-likeness (QED) is 0.777. The minimum Gasteiger partial charge on any atom is -0.364 e. The van der Waals surface area contributed by atoms with Gasteiger partial charge in [0.15, 0.2) is 0 Å². The lowest BCUT2D eigenvalue weighted by molar-refractivity contribution is 0.896. The third-order valence-corrected chi connectivity index (χ3v) is 4.75. The first kappa shape index (κ1) is 10.2. The Hall–Kier alpha value is -0.280. The van der Waals surface area contributed by atoms with Crippen molar-refractivity contribution in [1.82, 2.24) is 0 Å². The summed E-state index contributed by atoms with van der Waals surface area (Å²) in [5, 5.41) is 3.52. The van der Waals surface area contributed by atoms with Crippen LogP contribution in [0.2, 0.25) is 0 Å². The third kappa shape index (κ3) is 2.39. The predicted octanol–water partition coefficient (Wildman–Crippen LogP) is 4.02. The molecule has 0 aromatic heterocycles. The lowest BCUT2D eigenvalue weighted by Crippen LogP contribution is -2.05. The van der Waals surface area contributed by atoms with Crippen LogP contribution in [0.3, 0.4) is 0 Å². The number of nitrogens with one attached hydrogen (secondary N) is 1. The van der Waals surface area contributed by atoms with Crippen molar-refractivity contribution < 1.29 is 0 Å². The summed E-state index contributed by atoms with van der Waals surface area (Å²) in [6.45, 7) is 2.24. The van der Waals surface area contributed by atoms with E-state index >= 15 is 0 Å². The Kier molecular flexibility index (Phi) is 3.65. The smallest absolute Gasteiger partial charge is 0.124 e. The first-order valence-corrected chi connectivity index (χ1v) is 6.97. The van der Waals surface area contributed by atoms with Crippen LogP contribution < -0.4 is 5.32 Å². The van der Waals surface area contributed by atoms with Crippen LogP contribution in [0.25, 0.3) is 0 Å². The average molecular weight is 225 g/mol. The zero-order valence-corrected chi connectivity index (χ0v) is 9.96. The molecule has 1 aliphatic heterocycles. The second-order valence-electron chi connectivity index (χ2n) is 3.31. The standard InChI is InChI=1S/C11H15NS2/c1-2-3-8-13-11-12-9-6-4-5-7-10(9)14-11/h4-7,11-12H,2-3,8H2,1H3. The van der Waals surface area contributed by atoms with Crippen LogP contribution >= 0.6 is 23.5 Å². The van der Waals surface area contributed by atoms with Crippen LogP contribution in [-0.2, 0) is 0 Å². The van der Waals surface area contributed by atoms with E-state index in [1.54, 1.807) is 0 Å². The van der Waals surface area contributed by atoms with E-state index in [0.717, 1.165) is 0 Å². The molecule has 1 unspecified atom stereocenters. The summed E-state index contributed by atoms with van der Waals surface area (Å²) in [4.78, 5) is 1.39. The lowest BCUT2D eigenvalue weighted by atomic mass is 10.3. The number of anilines is 1. The normalized spacial score (nSPS) is 19.1. The summed E-state index contributed by atoms with van der Waals surface area (Å²) in [5.74, 6) is 1.26. The van der Waals surface area contributed by atoms with Crippen molar-refractivity contribution in [2.75, 3.05) is 11.1 Å². The second kappa shape index (κ2) is 4.99. The van der Waals surface area contributed by atoms with Crippen LogP contribution in [0, 0.1) is 0 Å². The number of thioether (sulfide) groups is 2. The van der Waals surface area contributed by atoms with Gasteiger partial charge in [-0.05, 0) is 24.3 Å². The number of benzene rings is 1. The monoisotopic (exact) mass is 225 g/mol. The van der Waals surface area contributed by atoms with E-state index in [0.29, 0.717) is 4.71 Å². The molecule has 0 spiro atoms. The molecule has 0 fully saturated rings. The fourth-order valence-electron chi connectivity index (χ4n) is 1.37. The molecule has 1 nitrogen and oxygen atoms in total. The second-order valence-corrected chi connectivity index (χ2v) is 5.97. The molecule has 3 heteroatoms. The van der Waals surface area contributed by atoms with Gasteiger partial charge in [0.2, 0.25) is 0 Å². The molecule has 0 saturated heterocycles. The molecule has 2 rings (SSSR count). The Morgan fingerprint density at radius 2 is 2.29 bits per heavy atom. The number of hydrogen-bond acceptors (Lipinski definition) is 3. The van der Waals surface area contributed by atoms with Gasteiger partial charge < -0.3 is 5.32 Å². The van der Waals surface area contributed by atoms with Crippen LogP contribution in [0.1, 0.15) is 19.8 Å². The van der Waals surface area contributed by atoms with Crippen molar-refractivity contribution in [3.63, 3.8) is 0 Å². The zero-order valence-electron chi connectivity index (χ0n) is 8.32. The molecule has 0 aliphatic carbocycles. The Morgan fingerprint density at radius 3 is 3.07 bits per heavy atom. The highest BCUT2D eigenvalue weighted by Gasteiger charge is 2.20. The van der Waals surface area contributed by atoms with E-state index in [2.05, 4.69) is 36.5 Å². The van der Waals surface area contributed by atoms with Crippen LogP contribution in [0.15, 0.2) is 29.2 Å². The van der Waals surface area contributed by atoms with Gasteiger partial charge in [0.25, 0.3) is 0 Å². The van der Waals surface area contributed by atoms with Gasteiger partial charge in [0.1, 0.15) is 4.71 Å². The Balaban J connectivity index is 1.86. The average Bonchev–Trinajstić information content (AvgIpc) is 2.60. The molecule has 1 atom stereocenters. The van der Waals surface area contributed by atoms with Crippen molar-refractivity contribution in [3.8, 4) is 0 Å². The fraction of sp³-hybridized carbons (Fsp3) is 0.455. The summed E-state index contributed by atoms with van der Waals surface area (Å²) in [6.07, 6.45) is 2.61. The van der Waals surface area contributed by atoms with Crippen molar-refractivity contribution in [1.29, 1.82) is 0 Å². The van der Waals surface area contributed by atoms with Gasteiger partial charge >= 0.3 is 0 Å². The number of unbranched alkanes of at least 4 members (excludes halogenated alkanes) is 1. The molecule has 1 aliphatic rings. The molecular weight excluding hydrogens is 210 g/mol. The molecule has 0 radical (unpaired) electrons. The van der Waals surface area contributed by atoms with E-state index in [9.17, 15) is 0 Å². The maximum atomic E-state index is 3.52. The van der Waals surface area contributed by atoms with Crippen molar-refractivity contribution in [2.45, 2.75) is 29.4 Å². The van der Waals surface area contributed by atoms with Gasteiger partial charge in [-0.2, -0.15) is 0 Å². The summed E-state index contributed by atoms with van der Waals surface area (Å²) in [6, 6.07) is 8.54. The molecule has 1 aromatic rings. The maximum Gasteiger partial charge on any atom is 0.124 e. The van der Waals surface area contributed by atoms with E-state index in [1.165, 1.54) is 29.2 Å². The molecule has 1 N–H and O–H groups in total. The maximum absolute atomic E-state index is 3.52. The topological polar surface area (TPSA) is 12.0 Å². The Morgan fingerprint density at radius 1 is 1.43 bits per heavy atom. The van der Waals surface area contributed by atoms with Crippen LogP contribution in [0.5, 0.6) is 0 Å². The van der Waals surface area contributed by atoms with E-state index in [-0.39, 0.29) is 0 Å². The first-order chi connectivity index (χ1) is 6.90. The third-order valence-electron chi connectivity index (χ3n) is 2.16. The van der Waals surface area contributed by atoms with Crippen molar-refractivity contribution in [3.05, 3.63) is 24.3 Å². The molecule has 14 heavy (non-hydrogen) atoms. The summed E-state index contributed by atoms with van der Waals surface area (Å²) < 4.78 is 0.527. The first-order valence-electron chi connectivity index (χ1n) is 5.04. The summed E-state index contributed by atoms with van der Waals surface area (Å²) >= 11 is 3.96. The van der Waals surface area contributed by atoms with Gasteiger partial charge in [0, 0.05) is 10.6 Å². The highest BCUT2D eigenvalue weighted by Crippen LogP contribution is 2.42. The Bertz CT molecular complexity index is 276. The predicted molar refractivity (Wildman–Crippen MR) is 67.1 cm³/mol. The van der Waals surface area contributed by atoms with Gasteiger partial charge in [-0.1, -0.05) is 37.2 Å². The van der Waals surface area contributed by atoms with E-state index < -0.39 is 0 Å². The molecule has 0 bridgehead atoms. The number of rotatable bonds is 4. The van der Waals surface area contributed by atoms with E-state index in [1.807, 2.05) is 23.5 Å². The molecular formula is C11H15NS2. The number of para-hydroxylation sites is 1. The van der Waals surface area contributed by atoms with Gasteiger partial charge in [-0.25, -0.2) is 0 Å². The largest absolute Gasteiger partial charge is 0.364 e. The summed E-state index contributed by atoms with van der Waals surface area (Å²) in [5.41, 5.74) is 1.30. The minimum atomic E-state index is 0.527. The van der Waals surface area contributed by atoms with Gasteiger partial charge in [0.05, 0.1) is 0 Å². The SMILES string of the molecule is CCCCSC1Nc2ccccc2S1. The zero-order chi connectivity index (χ0) is 9.80. The van der Waals surface area contributed by atoms with Crippen LogP contribution in [-0.4, -0.2) is 10.5 Å². The summed E-state index contributed by atoms with van der Waals surface area (Å²) in [7, 11) is 0. The molecule has 0 saturated carbocycles. The fourth-order valence-corrected chi connectivity index (χ4v) is 3.95. The lowest BCUT2D eigenvalue weighted by Gasteiger charge is -2.08. The van der Waals surface area contributed by atoms with Gasteiger partial charge in [-0.3, -0.25) is 0 Å². The molecule has 0 amide bonds. The van der Waals surface area contributed by atoms with Gasteiger partial charge in [-0.15, -0.1) is 11.8 Å². The van der Waals surface area contributed by atoms with Crippen molar-refractivity contribution in [2.24, 2.45) is 0 Å². The number of hydrogen-bond donors (Lipinski definition) is 1. The molecule has 76 valence electrons. The molecule has 1 aromatic carbocycles.